The summed E-state index contributed by atoms with van der Waals surface area (Å²) >= 11 is 0. The molecule has 0 radical (unpaired) electrons. The summed E-state index contributed by atoms with van der Waals surface area (Å²) in [6.45, 7) is 0.0976. The highest BCUT2D eigenvalue weighted by Crippen LogP contribution is 2.39. The van der Waals surface area contributed by atoms with E-state index in [9.17, 15) is 26.7 Å². The van der Waals surface area contributed by atoms with E-state index < -0.39 is 40.2 Å². The smallest absolute Gasteiger partial charge is 0.301 e. The molecule has 0 spiro atoms. The van der Waals surface area contributed by atoms with Gasteiger partial charge >= 0.3 is 10.2 Å². The van der Waals surface area contributed by atoms with Crippen LogP contribution in [0.15, 0.2) is 42.6 Å². The van der Waals surface area contributed by atoms with Crippen LogP contribution in [-0.2, 0) is 10.2 Å². The van der Waals surface area contributed by atoms with E-state index in [1.807, 2.05) is 0 Å². The van der Waals surface area contributed by atoms with Crippen LogP contribution in [0.5, 0.6) is 0 Å². The molecule has 0 aliphatic carbocycles. The van der Waals surface area contributed by atoms with Gasteiger partial charge in [0.25, 0.3) is 0 Å². The van der Waals surface area contributed by atoms with Gasteiger partial charge in [0.1, 0.15) is 29.1 Å². The van der Waals surface area contributed by atoms with Gasteiger partial charge in [0.05, 0.1) is 29.9 Å². The van der Waals surface area contributed by atoms with Crippen LogP contribution in [0.3, 0.4) is 0 Å². The van der Waals surface area contributed by atoms with Crippen LogP contribution in [0.1, 0.15) is 24.4 Å². The van der Waals surface area contributed by atoms with E-state index in [0.717, 1.165) is 22.5 Å². The Bertz CT molecular complexity index is 1340. The fraction of sp³-hybridized carbons (Fsp3) is 0.364. The number of nitrogens with one attached hydrogen (secondary N) is 1. The summed E-state index contributed by atoms with van der Waals surface area (Å²) in [5, 5.41) is 9.69. The molecule has 12 heteroatoms. The van der Waals surface area contributed by atoms with Gasteiger partial charge in [-0.05, 0) is 42.8 Å². The lowest BCUT2D eigenvalue weighted by Gasteiger charge is -2.26. The molecule has 8 nitrogen and oxygen atoms in total. The van der Waals surface area contributed by atoms with Gasteiger partial charge in [-0.3, -0.25) is 9.71 Å². The minimum Gasteiger partial charge on any atom is -0.392 e. The van der Waals surface area contributed by atoms with E-state index in [1.54, 1.807) is 17.0 Å². The molecule has 3 atom stereocenters. The van der Waals surface area contributed by atoms with E-state index in [-0.39, 0.29) is 48.6 Å². The molecule has 5 rings (SSSR count). The van der Waals surface area contributed by atoms with E-state index in [1.165, 1.54) is 12.3 Å². The first-order valence-corrected chi connectivity index (χ1v) is 12.2. The fourth-order valence-electron chi connectivity index (χ4n) is 4.49. The van der Waals surface area contributed by atoms with Gasteiger partial charge in [-0.25, -0.2) is 18.2 Å². The number of aliphatic hydroxyl groups is 1. The summed E-state index contributed by atoms with van der Waals surface area (Å²) in [5.74, 6) is -0.987. The maximum absolute atomic E-state index is 14.5. The van der Waals surface area contributed by atoms with Gasteiger partial charge in [-0.15, -0.1) is 0 Å². The molecular formula is C22H22F3N5O3S. The molecule has 0 amide bonds. The molecule has 4 heterocycles. The topological polar surface area (TPSA) is 98.7 Å². The number of aliphatic hydroxyl groups excluding tert-OH is 1. The molecule has 0 bridgehead atoms. The molecule has 2 aliphatic rings. The highest BCUT2D eigenvalue weighted by molar-refractivity contribution is 7.90. The second kappa shape index (κ2) is 8.67. The summed E-state index contributed by atoms with van der Waals surface area (Å²) < 4.78 is 71.9. The number of fused-ring (bicyclic) bond motifs is 1. The van der Waals surface area contributed by atoms with Crippen LogP contribution in [-0.4, -0.2) is 59.7 Å². The number of alkyl halides is 1. The number of aromatic nitrogens is 2. The highest BCUT2D eigenvalue weighted by Gasteiger charge is 2.36. The number of halogens is 3. The van der Waals surface area contributed by atoms with E-state index in [2.05, 4.69) is 14.7 Å². The Labute approximate surface area is 194 Å². The SMILES string of the molecule is O=S(=O)(Nc1ccnc2ccc(N3C[C@@H](F)C[C@@H]3c3cc(F)ccc3F)nc12)N1CCC(O)C1. The fourth-order valence-corrected chi connectivity index (χ4v) is 5.78. The van der Waals surface area contributed by atoms with Crippen molar-refractivity contribution in [2.75, 3.05) is 29.3 Å². The lowest BCUT2D eigenvalue weighted by Crippen LogP contribution is -2.34. The Balaban J connectivity index is 1.52. The van der Waals surface area contributed by atoms with E-state index in [0.29, 0.717) is 11.9 Å². The molecule has 2 saturated heterocycles. The Morgan fingerprint density at radius 3 is 2.71 bits per heavy atom. The molecule has 1 unspecified atom stereocenters. The summed E-state index contributed by atoms with van der Waals surface area (Å²) in [5.41, 5.74) is 0.818. The standard InChI is InChI=1S/C22H22F3N5O3S/c23-13-1-2-17(25)16(9-13)20-10-14(24)11-30(20)21-4-3-18-22(27-21)19(5-7-26-18)28-34(32,33)29-8-6-15(31)12-29/h1-5,7,9,14-15,20,31H,6,8,10-12H2,(H,26,28)/t14-,15?,20+/m0/s1. The van der Waals surface area contributed by atoms with Gasteiger partial charge in [-0.1, -0.05) is 0 Å². The Hall–Kier alpha value is -2.96. The number of rotatable bonds is 5. The molecule has 3 aromatic rings. The van der Waals surface area contributed by atoms with Crippen molar-refractivity contribution in [1.82, 2.24) is 14.3 Å². The molecule has 2 fully saturated rings. The number of benzene rings is 1. The minimum atomic E-state index is -3.95. The van der Waals surface area contributed by atoms with Crippen molar-refractivity contribution in [2.45, 2.75) is 31.2 Å². The van der Waals surface area contributed by atoms with Gasteiger partial charge in [0.15, 0.2) is 0 Å². The van der Waals surface area contributed by atoms with Crippen molar-refractivity contribution < 1.29 is 26.7 Å². The van der Waals surface area contributed by atoms with Crippen molar-refractivity contribution in [3.05, 3.63) is 59.8 Å². The average Bonchev–Trinajstić information content (AvgIpc) is 3.41. The van der Waals surface area contributed by atoms with Crippen LogP contribution in [0.4, 0.5) is 24.7 Å². The Morgan fingerprint density at radius 1 is 1.12 bits per heavy atom. The number of anilines is 2. The van der Waals surface area contributed by atoms with Crippen LogP contribution in [0.2, 0.25) is 0 Å². The summed E-state index contributed by atoms with van der Waals surface area (Å²) in [4.78, 5) is 10.3. The van der Waals surface area contributed by atoms with E-state index >= 15 is 0 Å². The number of hydrogen-bond acceptors (Lipinski definition) is 6. The number of β-amino-alcohol motifs (C(OH)–C–C–N with tert-alkyl or cyclic N) is 1. The van der Waals surface area contributed by atoms with E-state index in [4.69, 9.17) is 0 Å². The number of hydrogen-bond donors (Lipinski definition) is 2. The third kappa shape index (κ3) is 4.28. The van der Waals surface area contributed by atoms with Gasteiger partial charge < -0.3 is 10.0 Å². The molecule has 34 heavy (non-hydrogen) atoms. The molecule has 1 aromatic carbocycles. The van der Waals surface area contributed by atoms with Crippen LogP contribution >= 0.6 is 0 Å². The molecule has 0 saturated carbocycles. The zero-order valence-corrected chi connectivity index (χ0v) is 18.7. The van der Waals surface area contributed by atoms with Crippen LogP contribution in [0.25, 0.3) is 11.0 Å². The Morgan fingerprint density at radius 2 is 1.94 bits per heavy atom. The molecule has 2 aliphatic heterocycles. The molecule has 2 N–H and O–H groups in total. The summed E-state index contributed by atoms with van der Waals surface area (Å²) in [6.07, 6.45) is -0.265. The normalized spacial score (nSPS) is 23.6. The second-order valence-electron chi connectivity index (χ2n) is 8.47. The zero-order chi connectivity index (χ0) is 24.0. The molecule has 2 aromatic heterocycles. The quantitative estimate of drug-likeness (QED) is 0.567. The van der Waals surface area contributed by atoms with Crippen LogP contribution in [0, 0.1) is 11.6 Å². The van der Waals surface area contributed by atoms with Gasteiger partial charge in [0.2, 0.25) is 0 Å². The van der Waals surface area contributed by atoms with Crippen molar-refractivity contribution in [1.29, 1.82) is 0 Å². The molecular weight excluding hydrogens is 471 g/mol. The first-order valence-electron chi connectivity index (χ1n) is 10.8. The number of nitrogens with zero attached hydrogens (tertiary/aromatic N) is 4. The zero-order valence-electron chi connectivity index (χ0n) is 17.9. The monoisotopic (exact) mass is 493 g/mol. The minimum absolute atomic E-state index is 0.0103. The first kappa shape index (κ1) is 22.8. The predicted molar refractivity (Wildman–Crippen MR) is 120 cm³/mol. The van der Waals surface area contributed by atoms with Crippen LogP contribution < -0.4 is 9.62 Å². The Kier molecular flexibility index (Phi) is 5.82. The largest absolute Gasteiger partial charge is 0.392 e. The first-order chi connectivity index (χ1) is 16.2. The van der Waals surface area contributed by atoms with Crippen molar-refractivity contribution >= 4 is 32.7 Å². The van der Waals surface area contributed by atoms with Crippen molar-refractivity contribution in [2.24, 2.45) is 0 Å². The highest BCUT2D eigenvalue weighted by atomic mass is 32.2. The predicted octanol–water partition coefficient (Wildman–Crippen LogP) is 2.92. The van der Waals surface area contributed by atoms with Crippen molar-refractivity contribution in [3.63, 3.8) is 0 Å². The lowest BCUT2D eigenvalue weighted by molar-refractivity contribution is 0.189. The third-order valence-corrected chi connectivity index (χ3v) is 7.62. The maximum Gasteiger partial charge on any atom is 0.301 e. The van der Waals surface area contributed by atoms with Gasteiger partial charge in [-0.2, -0.15) is 12.7 Å². The maximum atomic E-state index is 14.5. The van der Waals surface area contributed by atoms with Gasteiger partial charge in [0, 0.05) is 31.3 Å². The average molecular weight is 494 g/mol. The molecule has 180 valence electrons. The number of pyridine rings is 2. The summed E-state index contributed by atoms with van der Waals surface area (Å²) in [6, 6.07) is 6.94. The lowest BCUT2D eigenvalue weighted by atomic mass is 10.0. The third-order valence-electron chi connectivity index (χ3n) is 6.14. The van der Waals surface area contributed by atoms with Crippen molar-refractivity contribution in [3.8, 4) is 0 Å². The second-order valence-corrected chi connectivity index (χ2v) is 10.1. The summed E-state index contributed by atoms with van der Waals surface area (Å²) in [7, 11) is -3.95.